The molecule has 1 atom stereocenters. The molecule has 0 amide bonds. The van der Waals surface area contributed by atoms with E-state index in [0.29, 0.717) is 6.04 Å². The highest BCUT2D eigenvalue weighted by atomic mass is 79.9. The van der Waals surface area contributed by atoms with E-state index < -0.39 is 0 Å². The number of likely N-dealkylation sites (N-methyl/N-ethyl adjacent to an activating group) is 1. The van der Waals surface area contributed by atoms with Gasteiger partial charge in [0.25, 0.3) is 0 Å². The van der Waals surface area contributed by atoms with Crippen LogP contribution in [0.15, 0.2) is 28.7 Å². The second-order valence-corrected chi connectivity index (χ2v) is 5.07. The van der Waals surface area contributed by atoms with Gasteiger partial charge in [0, 0.05) is 23.7 Å². The first-order chi connectivity index (χ1) is 8.26. The Balaban J connectivity index is 2.33. The van der Waals surface area contributed by atoms with Gasteiger partial charge in [-0.25, -0.2) is 0 Å². The zero-order valence-corrected chi connectivity index (χ0v) is 12.3. The van der Waals surface area contributed by atoms with Crippen LogP contribution < -0.4 is 5.32 Å². The van der Waals surface area contributed by atoms with Crippen molar-refractivity contribution in [1.29, 1.82) is 0 Å². The number of hydrogen-bond acceptors (Lipinski definition) is 2. The van der Waals surface area contributed by atoms with Crippen LogP contribution in [0.3, 0.4) is 0 Å². The molecule has 17 heavy (non-hydrogen) atoms. The molecule has 0 aliphatic carbocycles. The van der Waals surface area contributed by atoms with E-state index in [1.165, 1.54) is 5.56 Å². The maximum Gasteiger partial charge on any atom is 0.0466 e. The monoisotopic (exact) mass is 299 g/mol. The van der Waals surface area contributed by atoms with Gasteiger partial charge in [0.15, 0.2) is 0 Å². The van der Waals surface area contributed by atoms with Crippen molar-refractivity contribution < 1.29 is 4.74 Å². The molecule has 1 unspecified atom stereocenters. The van der Waals surface area contributed by atoms with Crippen molar-refractivity contribution >= 4 is 15.9 Å². The van der Waals surface area contributed by atoms with Crippen LogP contribution in [0.5, 0.6) is 0 Å². The van der Waals surface area contributed by atoms with Gasteiger partial charge in [-0.15, -0.1) is 0 Å². The molecule has 0 saturated heterocycles. The molecule has 0 aliphatic rings. The van der Waals surface area contributed by atoms with Crippen molar-refractivity contribution in [2.45, 2.75) is 32.2 Å². The third-order valence-electron chi connectivity index (χ3n) is 2.85. The van der Waals surface area contributed by atoms with E-state index in [-0.39, 0.29) is 0 Å². The number of halogens is 1. The van der Waals surface area contributed by atoms with Crippen molar-refractivity contribution in [2.24, 2.45) is 0 Å². The Morgan fingerprint density at radius 3 is 2.59 bits per heavy atom. The summed E-state index contributed by atoms with van der Waals surface area (Å²) in [4.78, 5) is 0. The summed E-state index contributed by atoms with van der Waals surface area (Å²) in [7, 11) is 2.03. The van der Waals surface area contributed by atoms with Crippen LogP contribution in [0.2, 0.25) is 0 Å². The van der Waals surface area contributed by atoms with Crippen molar-refractivity contribution in [3.63, 3.8) is 0 Å². The summed E-state index contributed by atoms with van der Waals surface area (Å²) in [5.41, 5.74) is 1.38. The molecule has 0 saturated carbocycles. The normalized spacial score (nSPS) is 12.6. The first kappa shape index (κ1) is 14.7. The van der Waals surface area contributed by atoms with Gasteiger partial charge in [0.2, 0.25) is 0 Å². The standard InChI is InChI=1S/C14H22BrNO/c1-3-17-10-4-5-14(16-2)11-12-6-8-13(15)9-7-12/h6-9,14,16H,3-5,10-11H2,1-2H3. The van der Waals surface area contributed by atoms with Crippen LogP contribution in [0, 0.1) is 0 Å². The number of ether oxygens (including phenoxy) is 1. The zero-order chi connectivity index (χ0) is 12.5. The highest BCUT2D eigenvalue weighted by Gasteiger charge is 2.06. The predicted octanol–water partition coefficient (Wildman–Crippen LogP) is 3.40. The fourth-order valence-electron chi connectivity index (χ4n) is 1.83. The molecule has 1 aromatic rings. The smallest absolute Gasteiger partial charge is 0.0466 e. The van der Waals surface area contributed by atoms with Gasteiger partial charge in [-0.3, -0.25) is 0 Å². The van der Waals surface area contributed by atoms with Gasteiger partial charge in [0.05, 0.1) is 0 Å². The van der Waals surface area contributed by atoms with E-state index in [9.17, 15) is 0 Å². The quantitative estimate of drug-likeness (QED) is 0.743. The summed E-state index contributed by atoms with van der Waals surface area (Å²) in [5.74, 6) is 0. The molecule has 0 bridgehead atoms. The van der Waals surface area contributed by atoms with Crippen LogP contribution in [0.4, 0.5) is 0 Å². The lowest BCUT2D eigenvalue weighted by Gasteiger charge is -2.16. The molecule has 0 radical (unpaired) electrons. The lowest BCUT2D eigenvalue weighted by atomic mass is 10.0. The van der Waals surface area contributed by atoms with E-state index in [1.807, 2.05) is 14.0 Å². The highest BCUT2D eigenvalue weighted by molar-refractivity contribution is 9.10. The van der Waals surface area contributed by atoms with E-state index in [0.717, 1.165) is 36.9 Å². The molecule has 0 aliphatic heterocycles. The third kappa shape index (κ3) is 6.20. The maximum absolute atomic E-state index is 5.36. The van der Waals surface area contributed by atoms with Crippen LogP contribution in [-0.2, 0) is 11.2 Å². The minimum Gasteiger partial charge on any atom is -0.382 e. The average Bonchev–Trinajstić information content (AvgIpc) is 2.35. The number of hydrogen-bond donors (Lipinski definition) is 1. The minimum absolute atomic E-state index is 0.539. The van der Waals surface area contributed by atoms with E-state index in [1.54, 1.807) is 0 Å². The molecule has 1 N–H and O–H groups in total. The molecule has 1 aromatic carbocycles. The summed E-state index contributed by atoms with van der Waals surface area (Å²) in [6.07, 6.45) is 3.36. The first-order valence-corrected chi connectivity index (χ1v) is 7.05. The minimum atomic E-state index is 0.539. The first-order valence-electron chi connectivity index (χ1n) is 6.25. The van der Waals surface area contributed by atoms with Crippen LogP contribution in [0.25, 0.3) is 0 Å². The van der Waals surface area contributed by atoms with Crippen molar-refractivity contribution in [3.8, 4) is 0 Å². The Bertz CT molecular complexity index is 300. The molecule has 3 heteroatoms. The Morgan fingerprint density at radius 2 is 2.00 bits per heavy atom. The van der Waals surface area contributed by atoms with E-state index in [2.05, 4.69) is 45.5 Å². The lowest BCUT2D eigenvalue weighted by Crippen LogP contribution is -2.27. The summed E-state index contributed by atoms with van der Waals surface area (Å²) in [6.45, 7) is 3.73. The van der Waals surface area contributed by atoms with Crippen molar-refractivity contribution in [2.75, 3.05) is 20.3 Å². The highest BCUT2D eigenvalue weighted by Crippen LogP contribution is 2.13. The largest absolute Gasteiger partial charge is 0.382 e. The van der Waals surface area contributed by atoms with Gasteiger partial charge < -0.3 is 10.1 Å². The maximum atomic E-state index is 5.36. The Hall–Kier alpha value is -0.380. The molecular weight excluding hydrogens is 278 g/mol. The zero-order valence-electron chi connectivity index (χ0n) is 10.7. The molecule has 0 fully saturated rings. The summed E-state index contributed by atoms with van der Waals surface area (Å²) in [6, 6.07) is 9.09. The SMILES string of the molecule is CCOCCCC(Cc1ccc(Br)cc1)NC. The number of rotatable bonds is 8. The van der Waals surface area contributed by atoms with Gasteiger partial charge in [-0.1, -0.05) is 28.1 Å². The van der Waals surface area contributed by atoms with Crippen LogP contribution >= 0.6 is 15.9 Å². The average molecular weight is 300 g/mol. The summed E-state index contributed by atoms with van der Waals surface area (Å²) < 4.78 is 6.50. The number of nitrogens with one attached hydrogen (secondary N) is 1. The van der Waals surface area contributed by atoms with Gasteiger partial charge in [-0.05, 0) is 50.9 Å². The molecule has 2 nitrogen and oxygen atoms in total. The van der Waals surface area contributed by atoms with E-state index >= 15 is 0 Å². The fourth-order valence-corrected chi connectivity index (χ4v) is 2.09. The lowest BCUT2D eigenvalue weighted by molar-refractivity contribution is 0.141. The Kier molecular flexibility index (Phi) is 7.49. The predicted molar refractivity (Wildman–Crippen MR) is 76.4 cm³/mol. The second-order valence-electron chi connectivity index (χ2n) is 4.16. The molecule has 0 aromatic heterocycles. The Labute approximate surface area is 113 Å². The topological polar surface area (TPSA) is 21.3 Å². The van der Waals surface area contributed by atoms with Crippen LogP contribution in [-0.4, -0.2) is 26.3 Å². The third-order valence-corrected chi connectivity index (χ3v) is 3.38. The molecule has 1 rings (SSSR count). The number of benzene rings is 1. The molecular formula is C14H22BrNO. The van der Waals surface area contributed by atoms with Gasteiger partial charge >= 0.3 is 0 Å². The van der Waals surface area contributed by atoms with Crippen molar-refractivity contribution in [1.82, 2.24) is 5.32 Å². The van der Waals surface area contributed by atoms with E-state index in [4.69, 9.17) is 4.74 Å². The van der Waals surface area contributed by atoms with Crippen molar-refractivity contribution in [3.05, 3.63) is 34.3 Å². The fraction of sp³-hybridized carbons (Fsp3) is 0.571. The van der Waals surface area contributed by atoms with Crippen LogP contribution in [0.1, 0.15) is 25.3 Å². The Morgan fingerprint density at radius 1 is 1.29 bits per heavy atom. The second kappa shape index (κ2) is 8.67. The van der Waals surface area contributed by atoms with Gasteiger partial charge in [0.1, 0.15) is 0 Å². The molecule has 0 heterocycles. The summed E-state index contributed by atoms with van der Waals surface area (Å²) in [5, 5.41) is 3.37. The summed E-state index contributed by atoms with van der Waals surface area (Å²) >= 11 is 3.46. The molecule has 96 valence electrons. The van der Waals surface area contributed by atoms with Gasteiger partial charge in [-0.2, -0.15) is 0 Å². The molecule has 0 spiro atoms.